The van der Waals surface area contributed by atoms with Crippen LogP contribution in [0.25, 0.3) is 0 Å². The molecule has 3 saturated carbocycles. The van der Waals surface area contributed by atoms with Gasteiger partial charge in [-0.15, -0.1) is 0 Å². The van der Waals surface area contributed by atoms with Crippen molar-refractivity contribution in [3.05, 3.63) is 0 Å². The van der Waals surface area contributed by atoms with Crippen LogP contribution in [-0.2, 0) is 0 Å². The van der Waals surface area contributed by atoms with Crippen LogP contribution in [0.15, 0.2) is 0 Å². The highest BCUT2D eigenvalue weighted by atomic mass is 14.6. The quantitative estimate of drug-likeness (QED) is 0.560. The molecular formula is C16H28. The van der Waals surface area contributed by atoms with Crippen molar-refractivity contribution in [1.29, 1.82) is 0 Å². The first kappa shape index (κ1) is 11.1. The Morgan fingerprint density at radius 1 is 0.500 bits per heavy atom. The molecule has 0 radical (unpaired) electrons. The summed E-state index contributed by atoms with van der Waals surface area (Å²) in [4.78, 5) is 0. The van der Waals surface area contributed by atoms with Crippen LogP contribution in [0.3, 0.4) is 0 Å². The molecule has 0 aromatic rings. The Morgan fingerprint density at radius 3 is 1.31 bits per heavy atom. The van der Waals surface area contributed by atoms with Gasteiger partial charge < -0.3 is 0 Å². The lowest BCUT2D eigenvalue weighted by atomic mass is 9.82. The number of rotatable bonds is 0. The highest BCUT2D eigenvalue weighted by molar-refractivity contribution is 5.02. The van der Waals surface area contributed by atoms with Gasteiger partial charge in [0.1, 0.15) is 0 Å². The van der Waals surface area contributed by atoms with Gasteiger partial charge in [0.2, 0.25) is 0 Å². The van der Waals surface area contributed by atoms with Crippen LogP contribution >= 0.6 is 0 Å². The molecule has 6 unspecified atom stereocenters. The Kier molecular flexibility index (Phi) is 2.60. The summed E-state index contributed by atoms with van der Waals surface area (Å²) in [5, 5.41) is 0. The molecule has 0 bridgehead atoms. The van der Waals surface area contributed by atoms with Crippen LogP contribution in [0.1, 0.15) is 53.4 Å². The Bertz CT molecular complexity index is 243. The Morgan fingerprint density at radius 2 is 0.875 bits per heavy atom. The van der Waals surface area contributed by atoms with Crippen molar-refractivity contribution in [1.82, 2.24) is 0 Å². The van der Waals surface area contributed by atoms with E-state index in [0.717, 1.165) is 47.3 Å². The van der Waals surface area contributed by atoms with Crippen LogP contribution in [-0.4, -0.2) is 0 Å². The summed E-state index contributed by atoms with van der Waals surface area (Å²) < 4.78 is 0. The van der Waals surface area contributed by atoms with E-state index in [-0.39, 0.29) is 0 Å². The van der Waals surface area contributed by atoms with Crippen molar-refractivity contribution in [2.45, 2.75) is 53.4 Å². The Balaban J connectivity index is 1.89. The van der Waals surface area contributed by atoms with Crippen molar-refractivity contribution >= 4 is 0 Å². The Labute approximate surface area is 101 Å². The fourth-order valence-electron chi connectivity index (χ4n) is 5.84. The average Bonchev–Trinajstić information content (AvgIpc) is 2.65. The van der Waals surface area contributed by atoms with E-state index in [4.69, 9.17) is 0 Å². The second-order valence-electron chi connectivity index (χ2n) is 7.53. The van der Waals surface area contributed by atoms with Crippen molar-refractivity contribution in [2.75, 3.05) is 0 Å². The van der Waals surface area contributed by atoms with Gasteiger partial charge in [-0.3, -0.25) is 0 Å². The first-order chi connectivity index (χ1) is 7.58. The van der Waals surface area contributed by atoms with E-state index in [1.54, 1.807) is 12.8 Å². The van der Waals surface area contributed by atoms with E-state index in [0.29, 0.717) is 0 Å². The molecule has 0 aromatic carbocycles. The highest BCUT2D eigenvalue weighted by Gasteiger charge is 2.53. The second kappa shape index (κ2) is 3.75. The molecule has 3 aliphatic rings. The zero-order valence-electron chi connectivity index (χ0n) is 11.4. The molecule has 0 amide bonds. The zero-order valence-corrected chi connectivity index (χ0v) is 11.4. The summed E-state index contributed by atoms with van der Waals surface area (Å²) in [5.41, 5.74) is 0. The molecule has 16 heavy (non-hydrogen) atoms. The maximum atomic E-state index is 2.53. The molecule has 0 aromatic heterocycles. The van der Waals surface area contributed by atoms with Crippen molar-refractivity contribution in [3.8, 4) is 0 Å². The molecule has 0 heterocycles. The lowest BCUT2D eigenvalue weighted by Crippen LogP contribution is -2.18. The first-order valence-electron chi connectivity index (χ1n) is 7.58. The van der Waals surface area contributed by atoms with Crippen LogP contribution in [0, 0.1) is 47.3 Å². The summed E-state index contributed by atoms with van der Waals surface area (Å²) >= 11 is 0. The van der Waals surface area contributed by atoms with Gasteiger partial charge in [0, 0.05) is 0 Å². The highest BCUT2D eigenvalue weighted by Crippen LogP contribution is 2.60. The number of hydrogen-bond donors (Lipinski definition) is 0. The predicted octanol–water partition coefficient (Wildman–Crippen LogP) is 4.60. The van der Waals surface area contributed by atoms with Gasteiger partial charge >= 0.3 is 0 Å². The van der Waals surface area contributed by atoms with E-state index in [1.165, 1.54) is 12.8 Å². The summed E-state index contributed by atoms with van der Waals surface area (Å²) in [6.07, 6.45) is 6.17. The summed E-state index contributed by atoms with van der Waals surface area (Å²) in [7, 11) is 0. The maximum absolute atomic E-state index is 2.53. The van der Waals surface area contributed by atoms with Gasteiger partial charge in [0.05, 0.1) is 0 Å². The average molecular weight is 220 g/mol. The zero-order chi connectivity index (χ0) is 11.4. The summed E-state index contributed by atoms with van der Waals surface area (Å²) in [5.74, 6) is 8.41. The minimum absolute atomic E-state index is 0.983. The molecule has 3 fully saturated rings. The van der Waals surface area contributed by atoms with Gasteiger partial charge in [0.25, 0.3) is 0 Å². The molecule has 0 heteroatoms. The van der Waals surface area contributed by atoms with Crippen molar-refractivity contribution in [2.24, 2.45) is 47.3 Å². The molecule has 0 nitrogen and oxygen atoms in total. The molecule has 3 aliphatic carbocycles. The van der Waals surface area contributed by atoms with Crippen LogP contribution in [0.2, 0.25) is 0 Å². The topological polar surface area (TPSA) is 0 Å². The maximum Gasteiger partial charge on any atom is -0.0324 e. The van der Waals surface area contributed by atoms with Crippen LogP contribution in [0.4, 0.5) is 0 Å². The minimum Gasteiger partial charge on any atom is -0.0622 e. The van der Waals surface area contributed by atoms with E-state index in [9.17, 15) is 0 Å². The standard InChI is InChI=1S/C16H28/c1-9-5-13-7-11(3)15-12(4)8-14(16(13)15)6-10(9)2/h9-16H,5-8H2,1-4H3. The third-order valence-electron chi connectivity index (χ3n) is 6.52. The lowest BCUT2D eigenvalue weighted by Gasteiger charge is -2.23. The normalized spacial score (nSPS) is 60.8. The van der Waals surface area contributed by atoms with Crippen LogP contribution in [0.5, 0.6) is 0 Å². The molecule has 0 saturated heterocycles. The summed E-state index contributed by atoms with van der Waals surface area (Å²) in [6, 6.07) is 0. The first-order valence-corrected chi connectivity index (χ1v) is 7.58. The summed E-state index contributed by atoms with van der Waals surface area (Å²) in [6.45, 7) is 10.1. The third-order valence-corrected chi connectivity index (χ3v) is 6.52. The predicted molar refractivity (Wildman–Crippen MR) is 69.1 cm³/mol. The molecule has 6 atom stereocenters. The molecule has 92 valence electrons. The minimum atomic E-state index is 0.983. The molecule has 3 rings (SSSR count). The molecule has 0 aliphatic heterocycles. The fraction of sp³-hybridized carbons (Fsp3) is 1.00. The smallest absolute Gasteiger partial charge is 0.0324 e. The van der Waals surface area contributed by atoms with E-state index in [1.807, 2.05) is 0 Å². The van der Waals surface area contributed by atoms with E-state index in [2.05, 4.69) is 27.7 Å². The van der Waals surface area contributed by atoms with Crippen molar-refractivity contribution in [3.63, 3.8) is 0 Å². The van der Waals surface area contributed by atoms with Gasteiger partial charge in [-0.05, 0) is 73.0 Å². The van der Waals surface area contributed by atoms with Gasteiger partial charge in [-0.25, -0.2) is 0 Å². The van der Waals surface area contributed by atoms with Gasteiger partial charge in [0.15, 0.2) is 0 Å². The monoisotopic (exact) mass is 220 g/mol. The molecule has 0 N–H and O–H groups in total. The number of hydrogen-bond acceptors (Lipinski definition) is 0. The van der Waals surface area contributed by atoms with Gasteiger partial charge in [-0.2, -0.15) is 0 Å². The largest absolute Gasteiger partial charge is 0.0622 e. The molecular weight excluding hydrogens is 192 g/mol. The van der Waals surface area contributed by atoms with Gasteiger partial charge in [-0.1, -0.05) is 27.7 Å². The molecule has 0 spiro atoms. The third kappa shape index (κ3) is 1.48. The Hall–Kier alpha value is 0. The van der Waals surface area contributed by atoms with E-state index >= 15 is 0 Å². The fourth-order valence-corrected chi connectivity index (χ4v) is 5.84. The van der Waals surface area contributed by atoms with Crippen LogP contribution < -0.4 is 0 Å². The SMILES string of the molecule is CC1CC2CC(C)C3C(C)CC(CC1C)C23. The second-order valence-corrected chi connectivity index (χ2v) is 7.53. The van der Waals surface area contributed by atoms with Crippen molar-refractivity contribution < 1.29 is 0 Å². The van der Waals surface area contributed by atoms with E-state index < -0.39 is 0 Å². The lowest BCUT2D eigenvalue weighted by molar-refractivity contribution is 0.250.